The molecule has 0 bridgehead atoms. The average Bonchev–Trinajstić information content (AvgIpc) is 3.07. The highest BCUT2D eigenvalue weighted by molar-refractivity contribution is 5.77. The molecule has 0 saturated carbocycles. The monoisotopic (exact) mass is 478 g/mol. The number of carboxylic acids is 1. The molecule has 1 saturated heterocycles. The van der Waals surface area contributed by atoms with Crippen LogP contribution in [0, 0.1) is 0 Å². The van der Waals surface area contributed by atoms with Crippen LogP contribution in [0.25, 0.3) is 0 Å². The van der Waals surface area contributed by atoms with E-state index in [1.165, 1.54) is 11.1 Å². The molecule has 1 amide bonds. The molecule has 2 heterocycles. The standard InChI is InChI=1S/C22H28N4O.C2HF3O2/c1-16(2)25-20(27)14-17-15-22(19-7-4-3-6-18(17)19)8-12-26(13-9-22)21-23-10-5-11-24-21;3-2(4,5)1(6)7/h3-7,10-11,16-17H,8-9,12-15H2,1-2H3,(H,25,27);(H,6,7). The molecule has 1 fully saturated rings. The summed E-state index contributed by atoms with van der Waals surface area (Å²) in [5, 5.41) is 10.2. The van der Waals surface area contributed by atoms with Gasteiger partial charge in [-0.3, -0.25) is 4.79 Å². The lowest BCUT2D eigenvalue weighted by atomic mass is 9.73. The van der Waals surface area contributed by atoms with Crippen LogP contribution in [0.5, 0.6) is 0 Å². The van der Waals surface area contributed by atoms with Gasteiger partial charge in [-0.1, -0.05) is 24.3 Å². The lowest BCUT2D eigenvalue weighted by molar-refractivity contribution is -0.192. The summed E-state index contributed by atoms with van der Waals surface area (Å²) in [5.41, 5.74) is 3.02. The molecule has 1 aromatic heterocycles. The maximum absolute atomic E-state index is 12.4. The molecule has 1 atom stereocenters. The maximum Gasteiger partial charge on any atom is 0.490 e. The zero-order valence-electron chi connectivity index (χ0n) is 19.2. The molecule has 184 valence electrons. The third-order valence-electron chi connectivity index (χ3n) is 6.29. The zero-order chi connectivity index (χ0) is 24.9. The fourth-order valence-corrected chi connectivity index (χ4v) is 4.88. The molecule has 1 aliphatic carbocycles. The van der Waals surface area contributed by atoms with Crippen molar-refractivity contribution in [2.24, 2.45) is 0 Å². The second-order valence-electron chi connectivity index (χ2n) is 9.03. The van der Waals surface area contributed by atoms with Crippen LogP contribution in [-0.4, -0.2) is 52.3 Å². The Bertz CT molecular complexity index is 990. The van der Waals surface area contributed by atoms with E-state index in [1.54, 1.807) is 12.4 Å². The van der Waals surface area contributed by atoms with E-state index in [4.69, 9.17) is 9.90 Å². The second kappa shape index (κ2) is 10.4. The lowest BCUT2D eigenvalue weighted by Crippen LogP contribution is -2.42. The van der Waals surface area contributed by atoms with Gasteiger partial charge in [-0.05, 0) is 61.6 Å². The van der Waals surface area contributed by atoms with Crippen LogP contribution in [0.15, 0.2) is 42.7 Å². The van der Waals surface area contributed by atoms with E-state index in [9.17, 15) is 18.0 Å². The summed E-state index contributed by atoms with van der Waals surface area (Å²) in [6.45, 7) is 5.96. The summed E-state index contributed by atoms with van der Waals surface area (Å²) in [5.74, 6) is -1.45. The van der Waals surface area contributed by atoms with Crippen molar-refractivity contribution in [1.82, 2.24) is 15.3 Å². The number of aliphatic carboxylic acids is 1. The van der Waals surface area contributed by atoms with Gasteiger partial charge in [-0.25, -0.2) is 14.8 Å². The first-order valence-corrected chi connectivity index (χ1v) is 11.2. The first-order chi connectivity index (χ1) is 16.0. The number of alkyl halides is 3. The van der Waals surface area contributed by atoms with Crippen molar-refractivity contribution in [3.8, 4) is 0 Å². The van der Waals surface area contributed by atoms with Gasteiger partial charge in [0.25, 0.3) is 0 Å². The largest absolute Gasteiger partial charge is 0.490 e. The predicted molar refractivity (Wildman–Crippen MR) is 121 cm³/mol. The lowest BCUT2D eigenvalue weighted by Gasteiger charge is -2.40. The third-order valence-corrected chi connectivity index (χ3v) is 6.29. The number of hydrogen-bond acceptors (Lipinski definition) is 5. The molecular weight excluding hydrogens is 449 g/mol. The van der Waals surface area contributed by atoms with Gasteiger partial charge in [0.05, 0.1) is 0 Å². The number of piperidine rings is 1. The number of benzene rings is 1. The molecule has 2 aromatic rings. The van der Waals surface area contributed by atoms with Crippen LogP contribution in [0.2, 0.25) is 0 Å². The molecule has 1 spiro atoms. The highest BCUT2D eigenvalue weighted by Crippen LogP contribution is 2.52. The van der Waals surface area contributed by atoms with Crippen molar-refractivity contribution >= 4 is 17.8 Å². The van der Waals surface area contributed by atoms with Gasteiger partial charge in [0, 0.05) is 37.9 Å². The number of hydrogen-bond donors (Lipinski definition) is 2. The van der Waals surface area contributed by atoms with E-state index < -0.39 is 12.1 Å². The Morgan fingerprint density at radius 1 is 1.15 bits per heavy atom. The van der Waals surface area contributed by atoms with Crippen molar-refractivity contribution in [2.45, 2.75) is 63.1 Å². The molecule has 1 aliphatic heterocycles. The molecule has 10 heteroatoms. The van der Waals surface area contributed by atoms with E-state index in [2.05, 4.69) is 44.5 Å². The van der Waals surface area contributed by atoms with Gasteiger partial charge in [-0.2, -0.15) is 13.2 Å². The van der Waals surface area contributed by atoms with Crippen LogP contribution >= 0.6 is 0 Å². The van der Waals surface area contributed by atoms with E-state index in [0.717, 1.165) is 38.3 Å². The summed E-state index contributed by atoms with van der Waals surface area (Å²) in [7, 11) is 0. The smallest absolute Gasteiger partial charge is 0.475 e. The topological polar surface area (TPSA) is 95.4 Å². The fraction of sp³-hybridized carbons (Fsp3) is 0.500. The van der Waals surface area contributed by atoms with E-state index >= 15 is 0 Å². The Morgan fingerprint density at radius 3 is 2.29 bits per heavy atom. The highest BCUT2D eigenvalue weighted by Gasteiger charge is 2.45. The third kappa shape index (κ3) is 6.03. The number of carboxylic acid groups (broad SMARTS) is 1. The Balaban J connectivity index is 0.000000406. The first-order valence-electron chi connectivity index (χ1n) is 11.2. The Morgan fingerprint density at radius 2 is 1.74 bits per heavy atom. The minimum atomic E-state index is -5.08. The van der Waals surface area contributed by atoms with Crippen molar-refractivity contribution < 1.29 is 27.9 Å². The minimum absolute atomic E-state index is 0.164. The Kier molecular flexibility index (Phi) is 7.78. The van der Waals surface area contributed by atoms with Crippen molar-refractivity contribution in [2.75, 3.05) is 18.0 Å². The molecule has 2 N–H and O–H groups in total. The van der Waals surface area contributed by atoms with Gasteiger partial charge in [-0.15, -0.1) is 0 Å². The van der Waals surface area contributed by atoms with Crippen LogP contribution < -0.4 is 10.2 Å². The number of halogens is 3. The molecule has 34 heavy (non-hydrogen) atoms. The van der Waals surface area contributed by atoms with Crippen molar-refractivity contribution in [3.63, 3.8) is 0 Å². The zero-order valence-corrected chi connectivity index (χ0v) is 19.2. The number of fused-ring (bicyclic) bond motifs is 2. The number of anilines is 1. The molecule has 1 aromatic carbocycles. The minimum Gasteiger partial charge on any atom is -0.475 e. The van der Waals surface area contributed by atoms with Crippen LogP contribution in [0.3, 0.4) is 0 Å². The van der Waals surface area contributed by atoms with Gasteiger partial charge in [0.15, 0.2) is 0 Å². The van der Waals surface area contributed by atoms with E-state index in [1.807, 2.05) is 19.9 Å². The maximum atomic E-state index is 12.4. The summed E-state index contributed by atoms with van der Waals surface area (Å²) in [6, 6.07) is 10.8. The fourth-order valence-electron chi connectivity index (χ4n) is 4.88. The average molecular weight is 479 g/mol. The SMILES string of the molecule is CC(C)NC(=O)CC1CC2(CCN(c3ncccn3)CC2)c2ccccc21.O=C(O)C(F)(F)F. The molecule has 7 nitrogen and oxygen atoms in total. The summed E-state index contributed by atoms with van der Waals surface area (Å²) in [4.78, 5) is 32.4. The van der Waals surface area contributed by atoms with Crippen molar-refractivity contribution in [1.29, 1.82) is 0 Å². The molecule has 2 aliphatic rings. The summed E-state index contributed by atoms with van der Waals surface area (Å²) >= 11 is 0. The number of amides is 1. The van der Waals surface area contributed by atoms with Gasteiger partial charge in [0.1, 0.15) is 0 Å². The summed E-state index contributed by atoms with van der Waals surface area (Å²) < 4.78 is 31.7. The molecular formula is C24H29F3N4O3. The second-order valence-corrected chi connectivity index (χ2v) is 9.03. The quantitative estimate of drug-likeness (QED) is 0.689. The van der Waals surface area contributed by atoms with Gasteiger partial charge < -0.3 is 15.3 Å². The summed E-state index contributed by atoms with van der Waals surface area (Å²) in [6.07, 6.45) is 2.36. The molecule has 1 unspecified atom stereocenters. The van der Waals surface area contributed by atoms with Crippen molar-refractivity contribution in [3.05, 3.63) is 53.9 Å². The number of nitrogens with zero attached hydrogens (tertiary/aromatic N) is 3. The molecule has 4 rings (SSSR count). The van der Waals surface area contributed by atoms with E-state index in [0.29, 0.717) is 12.3 Å². The Labute approximate surface area is 196 Å². The van der Waals surface area contributed by atoms with Crippen LogP contribution in [0.4, 0.5) is 19.1 Å². The molecule has 0 radical (unpaired) electrons. The number of nitrogens with one attached hydrogen (secondary N) is 1. The Hall–Kier alpha value is -3.17. The van der Waals surface area contributed by atoms with Gasteiger partial charge in [0.2, 0.25) is 11.9 Å². The number of aromatic nitrogens is 2. The number of rotatable bonds is 4. The van der Waals surface area contributed by atoms with E-state index in [-0.39, 0.29) is 17.4 Å². The predicted octanol–water partition coefficient (Wildman–Crippen LogP) is 4.05. The first kappa shape index (κ1) is 25.5. The van der Waals surface area contributed by atoms with Crippen LogP contribution in [-0.2, 0) is 15.0 Å². The number of carbonyl (C=O) groups excluding carboxylic acids is 1. The van der Waals surface area contributed by atoms with Gasteiger partial charge >= 0.3 is 12.1 Å². The number of carbonyl (C=O) groups is 2. The normalized spacial score (nSPS) is 18.8. The van der Waals surface area contributed by atoms with Crippen LogP contribution in [0.1, 0.15) is 56.6 Å². The highest BCUT2D eigenvalue weighted by atomic mass is 19.4.